The molecule has 1 unspecified atom stereocenters. The van der Waals surface area contributed by atoms with Gasteiger partial charge in [0.15, 0.2) is 5.96 Å². The lowest BCUT2D eigenvalue weighted by Crippen LogP contribution is -2.38. The van der Waals surface area contributed by atoms with Crippen LogP contribution in [0.3, 0.4) is 0 Å². The van der Waals surface area contributed by atoms with Crippen molar-refractivity contribution in [2.24, 2.45) is 4.99 Å². The second-order valence-corrected chi connectivity index (χ2v) is 7.65. The maximum atomic E-state index is 10.4. The summed E-state index contributed by atoms with van der Waals surface area (Å²) in [6.07, 6.45) is 0.390. The van der Waals surface area contributed by atoms with Crippen LogP contribution in [0.1, 0.15) is 28.6 Å². The van der Waals surface area contributed by atoms with Gasteiger partial charge in [0.2, 0.25) is 0 Å². The molecule has 0 aliphatic rings. The van der Waals surface area contributed by atoms with E-state index in [9.17, 15) is 5.11 Å². The van der Waals surface area contributed by atoms with Gasteiger partial charge in [-0.15, -0.1) is 46.7 Å². The molecule has 0 aliphatic carbocycles. The van der Waals surface area contributed by atoms with Crippen LogP contribution in [0.5, 0.6) is 0 Å². The lowest BCUT2D eigenvalue weighted by Gasteiger charge is -2.14. The number of nitrogens with zero attached hydrogens (tertiary/aromatic N) is 2. The van der Waals surface area contributed by atoms with Crippen molar-refractivity contribution in [2.45, 2.75) is 26.0 Å². The van der Waals surface area contributed by atoms with E-state index in [1.807, 2.05) is 18.2 Å². The molecule has 140 valence electrons. The third-order valence-electron chi connectivity index (χ3n) is 3.80. The molecule has 0 fully saturated rings. The fraction of sp³-hybridized carbons (Fsp3) is 0.333. The van der Waals surface area contributed by atoms with E-state index in [1.165, 1.54) is 10.1 Å². The minimum atomic E-state index is -0.568. The van der Waals surface area contributed by atoms with Crippen molar-refractivity contribution in [1.29, 1.82) is 0 Å². The Bertz CT molecular complexity index is 829. The molecule has 26 heavy (non-hydrogen) atoms. The number of halogens is 1. The van der Waals surface area contributed by atoms with Crippen LogP contribution in [0.4, 0.5) is 0 Å². The van der Waals surface area contributed by atoms with Crippen LogP contribution in [-0.2, 0) is 13.0 Å². The average molecular weight is 502 g/mol. The predicted octanol–water partition coefficient (Wildman–Crippen LogP) is 3.94. The normalized spacial score (nSPS) is 12.7. The molecule has 0 amide bonds. The summed E-state index contributed by atoms with van der Waals surface area (Å²) in [5.74, 6) is 0.659. The Morgan fingerprint density at radius 3 is 2.81 bits per heavy atom. The molecule has 5 nitrogen and oxygen atoms in total. The second-order valence-electron chi connectivity index (χ2n) is 5.60. The van der Waals surface area contributed by atoms with E-state index >= 15 is 0 Å². The van der Waals surface area contributed by atoms with Crippen molar-refractivity contribution in [1.82, 2.24) is 15.6 Å². The zero-order chi connectivity index (χ0) is 17.6. The summed E-state index contributed by atoms with van der Waals surface area (Å²) in [5.41, 5.74) is 1.01. The van der Waals surface area contributed by atoms with E-state index in [0.717, 1.165) is 22.0 Å². The molecule has 3 aromatic rings. The number of fused-ring (bicyclic) bond motifs is 1. The van der Waals surface area contributed by atoms with E-state index in [1.54, 1.807) is 29.7 Å². The van der Waals surface area contributed by atoms with Gasteiger partial charge in [-0.3, -0.25) is 4.99 Å². The van der Waals surface area contributed by atoms with Gasteiger partial charge in [-0.05, 0) is 23.9 Å². The number of guanidine groups is 1. The number of aryl methyl sites for hydroxylation is 1. The molecule has 2 heterocycles. The third kappa shape index (κ3) is 5.38. The van der Waals surface area contributed by atoms with Gasteiger partial charge >= 0.3 is 0 Å². The van der Waals surface area contributed by atoms with Crippen LogP contribution in [0.15, 0.2) is 40.7 Å². The number of nitrogens with one attached hydrogen (secondary N) is 2. The molecule has 0 spiro atoms. The molecular weight excluding hydrogens is 479 g/mol. The molecule has 0 saturated carbocycles. The third-order valence-corrected chi connectivity index (χ3v) is 6.06. The number of aromatic nitrogens is 1. The average Bonchev–Trinajstić information content (AvgIpc) is 3.28. The predicted molar refractivity (Wildman–Crippen MR) is 122 cm³/mol. The first-order valence-electron chi connectivity index (χ1n) is 8.24. The molecule has 3 N–H and O–H groups in total. The number of rotatable bonds is 6. The summed E-state index contributed by atoms with van der Waals surface area (Å²) in [6, 6.07) is 10.2. The molecule has 0 bridgehead atoms. The van der Waals surface area contributed by atoms with Crippen LogP contribution in [0.2, 0.25) is 0 Å². The molecular formula is C18H23IN4OS2. The number of aliphatic hydroxyl groups excluding tert-OH is 1. The Morgan fingerprint density at radius 1 is 1.31 bits per heavy atom. The number of thiophene rings is 1. The van der Waals surface area contributed by atoms with Gasteiger partial charge in [0.05, 0.1) is 17.2 Å². The molecule has 1 aromatic carbocycles. The zero-order valence-corrected chi connectivity index (χ0v) is 18.7. The molecule has 1 atom stereocenters. The first-order chi connectivity index (χ1) is 12.2. The molecule has 0 saturated heterocycles. The fourth-order valence-electron chi connectivity index (χ4n) is 2.45. The van der Waals surface area contributed by atoms with Crippen molar-refractivity contribution in [3.05, 3.63) is 51.3 Å². The molecule has 8 heteroatoms. The standard InChI is InChI=1S/C18H22N4OS2.HI/c1-3-17-22-13(11-24-17)9-20-18(19-2)21-10-14(23)16-8-12-6-4-5-7-15(12)25-16;/h4-8,11,14,23H,3,9-10H2,1-2H3,(H2,19,20,21);1H. The van der Waals surface area contributed by atoms with Crippen molar-refractivity contribution < 1.29 is 5.11 Å². The maximum Gasteiger partial charge on any atom is 0.191 e. The van der Waals surface area contributed by atoms with E-state index in [-0.39, 0.29) is 24.0 Å². The fourth-order valence-corrected chi connectivity index (χ4v) is 4.24. The van der Waals surface area contributed by atoms with Crippen LogP contribution >= 0.6 is 46.7 Å². The Hall–Kier alpha value is -1.23. The van der Waals surface area contributed by atoms with E-state index in [0.29, 0.717) is 19.0 Å². The van der Waals surface area contributed by atoms with Gasteiger partial charge in [-0.1, -0.05) is 25.1 Å². The highest BCUT2D eigenvalue weighted by molar-refractivity contribution is 14.0. The SMILES string of the molecule is CCc1nc(CNC(=NC)NCC(O)c2cc3ccccc3s2)cs1.I. The number of aliphatic imine (C=N–C) groups is 1. The van der Waals surface area contributed by atoms with Gasteiger partial charge < -0.3 is 15.7 Å². The van der Waals surface area contributed by atoms with Gasteiger partial charge in [-0.2, -0.15) is 0 Å². The summed E-state index contributed by atoms with van der Waals surface area (Å²) in [5, 5.41) is 21.2. The summed E-state index contributed by atoms with van der Waals surface area (Å²) in [7, 11) is 1.72. The Kier molecular flexibility index (Phi) is 8.26. The quantitative estimate of drug-likeness (QED) is 0.272. The topological polar surface area (TPSA) is 69.5 Å². The van der Waals surface area contributed by atoms with Gasteiger partial charge in [-0.25, -0.2) is 4.98 Å². The van der Waals surface area contributed by atoms with Crippen LogP contribution in [0.25, 0.3) is 10.1 Å². The monoisotopic (exact) mass is 502 g/mol. The second kappa shape index (κ2) is 10.2. The minimum Gasteiger partial charge on any atom is -0.386 e. The van der Waals surface area contributed by atoms with Crippen molar-refractivity contribution >= 4 is 62.7 Å². The number of thiazole rings is 1. The first kappa shape index (κ1) is 21.1. The number of hydrogen-bond donors (Lipinski definition) is 3. The van der Waals surface area contributed by atoms with E-state index in [2.05, 4.69) is 45.0 Å². The zero-order valence-electron chi connectivity index (χ0n) is 14.7. The largest absolute Gasteiger partial charge is 0.386 e. The summed E-state index contributed by atoms with van der Waals surface area (Å²) >= 11 is 3.30. The summed E-state index contributed by atoms with van der Waals surface area (Å²) < 4.78 is 1.19. The first-order valence-corrected chi connectivity index (χ1v) is 9.93. The molecule has 0 aliphatic heterocycles. The van der Waals surface area contributed by atoms with Crippen LogP contribution in [0, 0.1) is 0 Å². The molecule has 0 radical (unpaired) electrons. The summed E-state index contributed by atoms with van der Waals surface area (Å²) in [4.78, 5) is 9.68. The van der Waals surface area contributed by atoms with Crippen molar-refractivity contribution in [2.75, 3.05) is 13.6 Å². The number of aliphatic hydroxyl groups is 1. The van der Waals surface area contributed by atoms with E-state index in [4.69, 9.17) is 0 Å². The Morgan fingerprint density at radius 2 is 2.12 bits per heavy atom. The highest BCUT2D eigenvalue weighted by Gasteiger charge is 2.12. The van der Waals surface area contributed by atoms with Crippen molar-refractivity contribution in [3.8, 4) is 0 Å². The summed E-state index contributed by atoms with van der Waals surface area (Å²) in [6.45, 7) is 3.13. The highest BCUT2D eigenvalue weighted by atomic mass is 127. The maximum absolute atomic E-state index is 10.4. The van der Waals surface area contributed by atoms with Crippen LogP contribution < -0.4 is 10.6 Å². The van der Waals surface area contributed by atoms with Gasteiger partial charge in [0, 0.05) is 28.5 Å². The Labute approximate surface area is 178 Å². The van der Waals surface area contributed by atoms with Gasteiger partial charge in [0.1, 0.15) is 6.10 Å². The highest BCUT2D eigenvalue weighted by Crippen LogP contribution is 2.29. The van der Waals surface area contributed by atoms with E-state index < -0.39 is 6.10 Å². The minimum absolute atomic E-state index is 0. The smallest absolute Gasteiger partial charge is 0.191 e. The van der Waals surface area contributed by atoms with Gasteiger partial charge in [0.25, 0.3) is 0 Å². The van der Waals surface area contributed by atoms with Crippen molar-refractivity contribution in [3.63, 3.8) is 0 Å². The number of benzene rings is 1. The van der Waals surface area contributed by atoms with Crippen LogP contribution in [-0.4, -0.2) is 29.6 Å². The lowest BCUT2D eigenvalue weighted by atomic mass is 10.2. The lowest BCUT2D eigenvalue weighted by molar-refractivity contribution is 0.184. The Balaban J connectivity index is 0.00000243. The molecule has 2 aromatic heterocycles. The number of hydrogen-bond acceptors (Lipinski definition) is 5. The molecule has 3 rings (SSSR count).